The van der Waals surface area contributed by atoms with Gasteiger partial charge in [0, 0.05) is 23.4 Å². The molecule has 0 aliphatic heterocycles. The van der Waals surface area contributed by atoms with Crippen molar-refractivity contribution in [3.8, 4) is 0 Å². The van der Waals surface area contributed by atoms with Gasteiger partial charge in [-0.2, -0.15) is 13.2 Å². The summed E-state index contributed by atoms with van der Waals surface area (Å²) < 4.78 is 39.1. The molecule has 0 unspecified atom stereocenters. The van der Waals surface area contributed by atoms with Gasteiger partial charge >= 0.3 is 6.18 Å². The second kappa shape index (κ2) is 4.96. The lowest BCUT2D eigenvalue weighted by Gasteiger charge is -2.43. The lowest BCUT2D eigenvalue weighted by atomic mass is 9.74. The molecule has 0 saturated heterocycles. The highest BCUT2D eigenvalue weighted by atomic mass is 19.4. The predicted molar refractivity (Wildman–Crippen MR) is 68.6 cm³/mol. The molecule has 0 atom stereocenters. The number of nitro groups is 1. The number of nitrogens with one attached hydrogen (secondary N) is 1. The van der Waals surface area contributed by atoms with Crippen LogP contribution in [0.3, 0.4) is 0 Å². The van der Waals surface area contributed by atoms with Gasteiger partial charge in [-0.1, -0.05) is 6.92 Å². The number of hydrogen-bond acceptors (Lipinski definition) is 3. The third-order valence-corrected chi connectivity index (χ3v) is 3.91. The van der Waals surface area contributed by atoms with Crippen molar-refractivity contribution in [1.82, 2.24) is 0 Å². The van der Waals surface area contributed by atoms with Crippen LogP contribution in [-0.4, -0.2) is 10.5 Å². The Morgan fingerprint density at radius 3 is 2.45 bits per heavy atom. The number of halogens is 3. The number of rotatable bonds is 4. The molecule has 1 fully saturated rings. The van der Waals surface area contributed by atoms with Crippen LogP contribution in [0, 0.1) is 10.1 Å². The number of anilines is 1. The number of alkyl halides is 3. The van der Waals surface area contributed by atoms with Crippen LogP contribution in [0.4, 0.5) is 24.5 Å². The van der Waals surface area contributed by atoms with Crippen molar-refractivity contribution in [2.75, 3.05) is 5.32 Å². The summed E-state index contributed by atoms with van der Waals surface area (Å²) in [6.45, 7) is 1.92. The summed E-state index contributed by atoms with van der Waals surface area (Å²) in [5.74, 6) is 0. The van der Waals surface area contributed by atoms with Gasteiger partial charge in [0.25, 0.3) is 5.69 Å². The van der Waals surface area contributed by atoms with Crippen LogP contribution < -0.4 is 5.32 Å². The molecular formula is C13H15F3N2O2. The first-order valence-corrected chi connectivity index (χ1v) is 6.41. The fraction of sp³-hybridized carbons (Fsp3) is 0.538. The van der Waals surface area contributed by atoms with Crippen molar-refractivity contribution in [2.45, 2.75) is 44.3 Å². The van der Waals surface area contributed by atoms with Crippen molar-refractivity contribution in [2.24, 2.45) is 0 Å². The van der Waals surface area contributed by atoms with E-state index < -0.39 is 22.4 Å². The minimum Gasteiger partial charge on any atom is -0.379 e. The molecule has 0 heterocycles. The van der Waals surface area contributed by atoms with Crippen LogP contribution in [0.1, 0.15) is 38.2 Å². The lowest BCUT2D eigenvalue weighted by Crippen LogP contribution is -2.44. The molecule has 1 aromatic carbocycles. The molecule has 0 amide bonds. The second-order valence-electron chi connectivity index (χ2n) is 5.10. The second-order valence-corrected chi connectivity index (χ2v) is 5.10. The van der Waals surface area contributed by atoms with Crippen molar-refractivity contribution < 1.29 is 18.1 Å². The van der Waals surface area contributed by atoms with E-state index in [1.54, 1.807) is 0 Å². The van der Waals surface area contributed by atoms with Crippen LogP contribution in [0.5, 0.6) is 0 Å². The van der Waals surface area contributed by atoms with E-state index in [2.05, 4.69) is 5.32 Å². The largest absolute Gasteiger partial charge is 0.418 e. The van der Waals surface area contributed by atoms with Gasteiger partial charge in [0.1, 0.15) is 0 Å². The standard InChI is InChI=1S/C13H15F3N2O2/c1-2-12(6-3-7-12)17-11-5-4-9(18(19)20)8-10(11)13(14,15)16/h4-5,8,17H,2-3,6-7H2,1H3. The molecular weight excluding hydrogens is 273 g/mol. The molecule has 0 spiro atoms. The highest BCUT2D eigenvalue weighted by molar-refractivity contribution is 5.59. The fourth-order valence-corrected chi connectivity index (χ4v) is 2.45. The molecule has 7 heteroatoms. The summed E-state index contributed by atoms with van der Waals surface area (Å²) in [6.07, 6.45) is -1.28. The Hall–Kier alpha value is -1.79. The summed E-state index contributed by atoms with van der Waals surface area (Å²) in [7, 11) is 0. The highest BCUT2D eigenvalue weighted by Crippen LogP contribution is 2.42. The normalized spacial score (nSPS) is 17.4. The molecule has 2 rings (SSSR count). The van der Waals surface area contributed by atoms with E-state index in [1.807, 2.05) is 6.92 Å². The average Bonchev–Trinajstić information content (AvgIpc) is 2.32. The van der Waals surface area contributed by atoms with Gasteiger partial charge in [0.15, 0.2) is 0 Å². The number of benzene rings is 1. The molecule has 110 valence electrons. The molecule has 20 heavy (non-hydrogen) atoms. The first kappa shape index (κ1) is 14.6. The Morgan fingerprint density at radius 1 is 1.40 bits per heavy atom. The van der Waals surface area contributed by atoms with Crippen molar-refractivity contribution in [1.29, 1.82) is 0 Å². The predicted octanol–water partition coefficient (Wildman–Crippen LogP) is 4.36. The molecule has 0 aromatic heterocycles. The van der Waals surface area contributed by atoms with Crippen molar-refractivity contribution in [3.05, 3.63) is 33.9 Å². The Labute approximate surface area is 114 Å². The molecule has 0 bridgehead atoms. The summed E-state index contributed by atoms with van der Waals surface area (Å²) in [6, 6.07) is 2.83. The first-order chi connectivity index (χ1) is 9.27. The molecule has 1 saturated carbocycles. The number of non-ortho nitro benzene ring substituents is 1. The molecule has 1 aliphatic rings. The van der Waals surface area contributed by atoms with Crippen LogP contribution >= 0.6 is 0 Å². The fourth-order valence-electron chi connectivity index (χ4n) is 2.45. The SMILES string of the molecule is CCC1(Nc2ccc([N+](=O)[O-])cc2C(F)(F)F)CCC1. The van der Waals surface area contributed by atoms with E-state index >= 15 is 0 Å². The summed E-state index contributed by atoms with van der Waals surface area (Å²) in [5.41, 5.74) is -1.92. The van der Waals surface area contributed by atoms with Crippen molar-refractivity contribution in [3.63, 3.8) is 0 Å². The molecule has 4 nitrogen and oxygen atoms in total. The quantitative estimate of drug-likeness (QED) is 0.661. The topological polar surface area (TPSA) is 55.2 Å². The Bertz CT molecular complexity index is 519. The Morgan fingerprint density at radius 2 is 2.05 bits per heavy atom. The van der Waals surface area contributed by atoms with E-state index in [0.717, 1.165) is 37.8 Å². The Kier molecular flexibility index (Phi) is 3.62. The van der Waals surface area contributed by atoms with Gasteiger partial charge in [-0.3, -0.25) is 10.1 Å². The van der Waals surface area contributed by atoms with Crippen molar-refractivity contribution >= 4 is 11.4 Å². The zero-order valence-corrected chi connectivity index (χ0v) is 11.0. The van der Waals surface area contributed by atoms with E-state index in [4.69, 9.17) is 0 Å². The van der Waals surface area contributed by atoms with Gasteiger partial charge in [-0.25, -0.2) is 0 Å². The zero-order valence-electron chi connectivity index (χ0n) is 11.0. The summed E-state index contributed by atoms with van der Waals surface area (Å²) in [5, 5.41) is 13.6. The van der Waals surface area contributed by atoms with Gasteiger partial charge in [0.05, 0.1) is 10.5 Å². The molecule has 1 aliphatic carbocycles. The van der Waals surface area contributed by atoms with Gasteiger partial charge in [-0.15, -0.1) is 0 Å². The maximum atomic E-state index is 13.0. The minimum absolute atomic E-state index is 0.0790. The summed E-state index contributed by atoms with van der Waals surface area (Å²) >= 11 is 0. The average molecular weight is 288 g/mol. The van der Waals surface area contributed by atoms with E-state index in [0.29, 0.717) is 6.07 Å². The molecule has 1 aromatic rings. The maximum Gasteiger partial charge on any atom is 0.418 e. The smallest absolute Gasteiger partial charge is 0.379 e. The van der Waals surface area contributed by atoms with Crippen LogP contribution in [0.15, 0.2) is 18.2 Å². The summed E-state index contributed by atoms with van der Waals surface area (Å²) in [4.78, 5) is 9.80. The highest BCUT2D eigenvalue weighted by Gasteiger charge is 2.40. The third kappa shape index (κ3) is 2.71. The monoisotopic (exact) mass is 288 g/mol. The maximum absolute atomic E-state index is 13.0. The van der Waals surface area contributed by atoms with E-state index in [9.17, 15) is 23.3 Å². The van der Waals surface area contributed by atoms with Gasteiger partial charge in [0.2, 0.25) is 0 Å². The van der Waals surface area contributed by atoms with Crippen LogP contribution in [-0.2, 0) is 6.18 Å². The number of nitrogens with zero attached hydrogens (tertiary/aromatic N) is 1. The van der Waals surface area contributed by atoms with E-state index in [-0.39, 0.29) is 11.2 Å². The minimum atomic E-state index is -4.62. The van der Waals surface area contributed by atoms with Gasteiger partial charge < -0.3 is 5.32 Å². The van der Waals surface area contributed by atoms with Gasteiger partial charge in [-0.05, 0) is 31.7 Å². The number of nitro benzene ring substituents is 1. The molecule has 0 radical (unpaired) electrons. The lowest BCUT2D eigenvalue weighted by molar-refractivity contribution is -0.385. The van der Waals surface area contributed by atoms with E-state index in [1.165, 1.54) is 0 Å². The Balaban J connectivity index is 2.39. The zero-order chi connectivity index (χ0) is 15.0. The van der Waals surface area contributed by atoms with Crippen LogP contribution in [0.25, 0.3) is 0 Å². The van der Waals surface area contributed by atoms with Crippen LogP contribution in [0.2, 0.25) is 0 Å². The molecule has 1 N–H and O–H groups in total. The first-order valence-electron chi connectivity index (χ1n) is 6.41. The third-order valence-electron chi connectivity index (χ3n) is 3.91. The number of hydrogen-bond donors (Lipinski definition) is 1.